The van der Waals surface area contributed by atoms with Crippen molar-refractivity contribution in [3.63, 3.8) is 0 Å². The summed E-state index contributed by atoms with van der Waals surface area (Å²) in [6, 6.07) is 0.298. The van der Waals surface area contributed by atoms with E-state index in [1.54, 1.807) is 0 Å². The number of nitrogens with one attached hydrogen (secondary N) is 1. The first-order valence-corrected chi connectivity index (χ1v) is 12.5. The first-order chi connectivity index (χ1) is 12.7. The number of carboxylic acid groups (broad SMARTS) is 1. The van der Waals surface area contributed by atoms with E-state index in [-0.39, 0.29) is 41.7 Å². The number of hydrogen-bond acceptors (Lipinski definition) is 5. The largest absolute Gasteiger partial charge is 0.480 e. The van der Waals surface area contributed by atoms with E-state index in [1.165, 1.54) is 11.0 Å². The summed E-state index contributed by atoms with van der Waals surface area (Å²) < 4.78 is 11.5. The molecule has 2 heterocycles. The van der Waals surface area contributed by atoms with E-state index in [9.17, 15) is 19.5 Å². The molecule has 3 atom stereocenters. The fourth-order valence-electron chi connectivity index (χ4n) is 3.32. The molecule has 0 spiro atoms. The van der Waals surface area contributed by atoms with Gasteiger partial charge in [-0.1, -0.05) is 34.6 Å². The SMILES string of the molecule is CC(C)[C@@H](C(=O)N1C[C@H](O[Si](C)(C)C(C)(C)C)C[C@@H]1C(=O)O)c1cc(=O)[nH]o1. The van der Waals surface area contributed by atoms with E-state index in [4.69, 9.17) is 8.95 Å². The van der Waals surface area contributed by atoms with E-state index in [2.05, 4.69) is 39.0 Å². The molecule has 1 aromatic rings. The highest BCUT2D eigenvalue weighted by atomic mass is 28.4. The average molecular weight is 413 g/mol. The van der Waals surface area contributed by atoms with Gasteiger partial charge in [-0.15, -0.1) is 0 Å². The Morgan fingerprint density at radius 2 is 1.96 bits per heavy atom. The van der Waals surface area contributed by atoms with Crippen LogP contribution in [-0.4, -0.2) is 54.0 Å². The molecule has 2 rings (SSSR count). The fraction of sp³-hybridized carbons (Fsp3) is 0.737. The minimum Gasteiger partial charge on any atom is -0.480 e. The lowest BCUT2D eigenvalue weighted by Gasteiger charge is -2.38. The summed E-state index contributed by atoms with van der Waals surface area (Å²) in [5.74, 6) is -2.07. The summed E-state index contributed by atoms with van der Waals surface area (Å²) in [5.41, 5.74) is -0.427. The first kappa shape index (κ1) is 22.4. The molecule has 158 valence electrons. The minimum absolute atomic E-state index is 0.0157. The molecule has 8 nitrogen and oxygen atoms in total. The smallest absolute Gasteiger partial charge is 0.326 e. The van der Waals surface area contributed by atoms with Crippen LogP contribution in [0.15, 0.2) is 15.4 Å². The van der Waals surface area contributed by atoms with Crippen molar-refractivity contribution in [3.8, 4) is 0 Å². The Hall–Kier alpha value is -1.87. The van der Waals surface area contributed by atoms with Gasteiger partial charge in [0.25, 0.3) is 5.56 Å². The van der Waals surface area contributed by atoms with Crippen LogP contribution in [0.25, 0.3) is 0 Å². The maximum Gasteiger partial charge on any atom is 0.326 e. The summed E-state index contributed by atoms with van der Waals surface area (Å²) in [6.45, 7) is 14.5. The molecule has 0 bridgehead atoms. The number of carbonyl (C=O) groups excluding carboxylic acids is 1. The van der Waals surface area contributed by atoms with Gasteiger partial charge >= 0.3 is 5.97 Å². The van der Waals surface area contributed by atoms with Gasteiger partial charge in [0.2, 0.25) is 5.91 Å². The number of amides is 1. The van der Waals surface area contributed by atoms with Crippen molar-refractivity contribution in [2.45, 2.75) is 77.2 Å². The van der Waals surface area contributed by atoms with Gasteiger partial charge in [0.05, 0.1) is 6.10 Å². The quantitative estimate of drug-likeness (QED) is 0.695. The Balaban J connectivity index is 2.27. The number of H-pyrrole nitrogens is 1. The molecule has 1 saturated heterocycles. The van der Waals surface area contributed by atoms with Crippen molar-refractivity contribution in [2.75, 3.05) is 6.54 Å². The normalized spacial score (nSPS) is 21.9. The van der Waals surface area contributed by atoms with E-state index >= 15 is 0 Å². The van der Waals surface area contributed by atoms with Crippen molar-refractivity contribution < 1.29 is 23.6 Å². The van der Waals surface area contributed by atoms with Crippen LogP contribution in [0.5, 0.6) is 0 Å². The Labute approximate surface area is 166 Å². The molecule has 0 saturated carbocycles. The molecule has 1 amide bonds. The molecule has 1 aromatic heterocycles. The molecule has 0 unspecified atom stereocenters. The third kappa shape index (κ3) is 4.57. The van der Waals surface area contributed by atoms with Crippen molar-refractivity contribution >= 4 is 20.2 Å². The minimum atomic E-state index is -2.10. The first-order valence-electron chi connectivity index (χ1n) is 9.64. The highest BCUT2D eigenvalue weighted by Crippen LogP contribution is 2.39. The third-order valence-corrected chi connectivity index (χ3v) is 10.4. The predicted octanol–water partition coefficient (Wildman–Crippen LogP) is 2.78. The number of aliphatic carboxylic acids is 1. The number of carboxylic acids is 1. The number of rotatable bonds is 6. The second-order valence-electron chi connectivity index (χ2n) is 9.42. The molecule has 28 heavy (non-hydrogen) atoms. The zero-order valence-electron chi connectivity index (χ0n) is 17.7. The molecular formula is C19H32N2O6Si. The Morgan fingerprint density at radius 1 is 1.36 bits per heavy atom. The van der Waals surface area contributed by atoms with E-state index in [1.807, 2.05) is 13.8 Å². The molecule has 0 aromatic carbocycles. The van der Waals surface area contributed by atoms with E-state index in [0.29, 0.717) is 0 Å². The zero-order valence-corrected chi connectivity index (χ0v) is 18.7. The van der Waals surface area contributed by atoms with Crippen LogP contribution < -0.4 is 5.56 Å². The zero-order chi connectivity index (χ0) is 21.4. The number of carbonyl (C=O) groups is 2. The highest BCUT2D eigenvalue weighted by molar-refractivity contribution is 6.74. The lowest BCUT2D eigenvalue weighted by Crippen LogP contribution is -2.46. The second-order valence-corrected chi connectivity index (χ2v) is 14.2. The van der Waals surface area contributed by atoms with Crippen LogP contribution in [-0.2, 0) is 14.0 Å². The van der Waals surface area contributed by atoms with Gasteiger partial charge in [-0.2, -0.15) is 5.16 Å². The fourth-order valence-corrected chi connectivity index (χ4v) is 4.68. The number of aromatic amines is 1. The maximum atomic E-state index is 13.3. The molecular weight excluding hydrogens is 380 g/mol. The van der Waals surface area contributed by atoms with Crippen molar-refractivity contribution in [3.05, 3.63) is 22.2 Å². The van der Waals surface area contributed by atoms with Crippen LogP contribution in [0, 0.1) is 5.92 Å². The Morgan fingerprint density at radius 3 is 2.39 bits per heavy atom. The average Bonchev–Trinajstić information content (AvgIpc) is 3.12. The summed E-state index contributed by atoms with van der Waals surface area (Å²) in [5, 5.41) is 11.9. The van der Waals surface area contributed by atoms with Crippen LogP contribution in [0.4, 0.5) is 0 Å². The Kier molecular flexibility index (Phi) is 6.30. The number of hydrogen-bond donors (Lipinski definition) is 2. The number of aromatic nitrogens is 1. The number of likely N-dealkylation sites (tertiary alicyclic amines) is 1. The van der Waals surface area contributed by atoms with E-state index < -0.39 is 31.8 Å². The van der Waals surface area contributed by atoms with Crippen LogP contribution in [0.1, 0.15) is 52.7 Å². The standard InChI is InChI=1S/C19H32N2O6Si/c1-11(2)16(14-9-15(22)20-26-14)17(23)21-10-12(8-13(21)18(24)25)27-28(6,7)19(3,4)5/h9,11-13,16H,8,10H2,1-7H3,(H,20,22)(H,24,25)/t12-,13-,16-/m1/s1. The van der Waals surface area contributed by atoms with E-state index in [0.717, 1.165) is 0 Å². The van der Waals surface area contributed by atoms with Gasteiger partial charge < -0.3 is 19.0 Å². The maximum absolute atomic E-state index is 13.3. The van der Waals surface area contributed by atoms with Gasteiger partial charge in [0.1, 0.15) is 12.0 Å². The van der Waals surface area contributed by atoms with Crippen LogP contribution in [0.2, 0.25) is 18.1 Å². The van der Waals surface area contributed by atoms with Gasteiger partial charge in [0.15, 0.2) is 14.1 Å². The van der Waals surface area contributed by atoms with Crippen LogP contribution >= 0.6 is 0 Å². The third-order valence-electron chi connectivity index (χ3n) is 5.88. The highest BCUT2D eigenvalue weighted by Gasteiger charge is 2.47. The van der Waals surface area contributed by atoms with Crippen molar-refractivity contribution in [1.82, 2.24) is 10.1 Å². The summed E-state index contributed by atoms with van der Waals surface area (Å²) in [4.78, 5) is 37.9. The summed E-state index contributed by atoms with van der Waals surface area (Å²) in [7, 11) is -2.10. The van der Waals surface area contributed by atoms with Gasteiger partial charge in [-0.25, -0.2) is 4.79 Å². The number of nitrogens with zero attached hydrogens (tertiary/aromatic N) is 1. The molecule has 1 fully saturated rings. The lowest BCUT2D eigenvalue weighted by molar-refractivity contribution is -0.149. The van der Waals surface area contributed by atoms with Crippen molar-refractivity contribution in [2.24, 2.45) is 5.92 Å². The molecule has 1 aliphatic rings. The lowest BCUT2D eigenvalue weighted by atomic mass is 9.91. The van der Waals surface area contributed by atoms with Gasteiger partial charge in [0, 0.05) is 19.0 Å². The van der Waals surface area contributed by atoms with Crippen LogP contribution in [0.3, 0.4) is 0 Å². The van der Waals surface area contributed by atoms with Crippen molar-refractivity contribution in [1.29, 1.82) is 0 Å². The molecule has 1 aliphatic heterocycles. The van der Waals surface area contributed by atoms with Gasteiger partial charge in [-0.3, -0.25) is 9.59 Å². The molecule has 9 heteroatoms. The predicted molar refractivity (Wildman–Crippen MR) is 107 cm³/mol. The Bertz CT molecular complexity index is 776. The van der Waals surface area contributed by atoms with Gasteiger partial charge in [-0.05, 0) is 24.1 Å². The summed E-state index contributed by atoms with van der Waals surface area (Å²) >= 11 is 0. The monoisotopic (exact) mass is 412 g/mol. The topological polar surface area (TPSA) is 113 Å². The molecule has 2 N–H and O–H groups in total. The molecule has 0 radical (unpaired) electrons. The summed E-state index contributed by atoms with van der Waals surface area (Å²) in [6.07, 6.45) is -0.0628. The molecule has 0 aliphatic carbocycles. The second kappa shape index (κ2) is 7.86.